The molecule has 2 aliphatic rings. The van der Waals surface area contributed by atoms with Crippen molar-refractivity contribution < 1.29 is 4.79 Å². The third-order valence-corrected chi connectivity index (χ3v) is 5.62. The quantitative estimate of drug-likeness (QED) is 0.910. The van der Waals surface area contributed by atoms with E-state index in [0.717, 1.165) is 57.7 Å². The van der Waals surface area contributed by atoms with Gasteiger partial charge in [0, 0.05) is 44.3 Å². The lowest BCUT2D eigenvalue weighted by Crippen LogP contribution is -2.49. The first-order valence-corrected chi connectivity index (χ1v) is 9.33. The van der Waals surface area contributed by atoms with Crippen molar-refractivity contribution in [3.63, 3.8) is 0 Å². The summed E-state index contributed by atoms with van der Waals surface area (Å²) in [4.78, 5) is 21.5. The van der Waals surface area contributed by atoms with Crippen molar-refractivity contribution in [3.8, 4) is 0 Å². The number of anilines is 1. The average Bonchev–Trinajstić information content (AvgIpc) is 2.62. The molecule has 2 N–H and O–H groups in total. The zero-order valence-corrected chi connectivity index (χ0v) is 15.1. The summed E-state index contributed by atoms with van der Waals surface area (Å²) in [5, 5.41) is 0.651. The number of carbonyl (C=O) groups excluding carboxylic acids is 1. The molecule has 0 saturated carbocycles. The molecule has 6 heteroatoms. The van der Waals surface area contributed by atoms with Gasteiger partial charge in [-0.05, 0) is 50.7 Å². The molecule has 0 spiro atoms. The minimum atomic E-state index is 0.139. The maximum absolute atomic E-state index is 12.8. The van der Waals surface area contributed by atoms with Crippen LogP contribution in [-0.4, -0.2) is 48.0 Å². The van der Waals surface area contributed by atoms with Gasteiger partial charge in [0.15, 0.2) is 0 Å². The number of rotatable bonds is 3. The van der Waals surface area contributed by atoms with Crippen LogP contribution in [-0.2, 0) is 4.79 Å². The van der Waals surface area contributed by atoms with Crippen LogP contribution in [0.3, 0.4) is 0 Å². The number of nitrogens with two attached hydrogens (primary N) is 1. The number of halogens is 1. The lowest BCUT2D eigenvalue weighted by molar-refractivity contribution is -0.138. The molecule has 3 rings (SSSR count). The Labute approximate surface area is 149 Å². The Morgan fingerprint density at radius 3 is 2.67 bits per heavy atom. The van der Waals surface area contributed by atoms with Gasteiger partial charge in [-0.25, -0.2) is 4.98 Å². The van der Waals surface area contributed by atoms with Crippen LogP contribution in [0.2, 0.25) is 5.02 Å². The van der Waals surface area contributed by atoms with Gasteiger partial charge < -0.3 is 15.5 Å². The number of likely N-dealkylation sites (tertiary alicyclic amines) is 1. The summed E-state index contributed by atoms with van der Waals surface area (Å²) >= 11 is 5.90. The van der Waals surface area contributed by atoms with Crippen LogP contribution >= 0.6 is 11.6 Å². The van der Waals surface area contributed by atoms with E-state index >= 15 is 0 Å². The van der Waals surface area contributed by atoms with Crippen molar-refractivity contribution in [2.75, 3.05) is 31.1 Å². The Bertz CT molecular complexity index is 555. The first kappa shape index (κ1) is 17.5. The number of aromatic nitrogens is 1. The van der Waals surface area contributed by atoms with Gasteiger partial charge in [0.2, 0.25) is 5.91 Å². The molecule has 2 fully saturated rings. The molecule has 0 bridgehead atoms. The number of amides is 1. The van der Waals surface area contributed by atoms with Crippen molar-refractivity contribution in [2.45, 2.75) is 38.6 Å². The molecule has 0 unspecified atom stereocenters. The SMILES string of the molecule is C[C@H](N)[C@@H]1CCCN(C(=O)C2CCN(c3ccc(Cl)cn3)CC2)C1. The van der Waals surface area contributed by atoms with Crippen LogP contribution in [0.15, 0.2) is 18.3 Å². The van der Waals surface area contributed by atoms with Gasteiger partial charge in [0.05, 0.1) is 5.02 Å². The predicted molar refractivity (Wildman–Crippen MR) is 97.1 cm³/mol. The molecular weight excluding hydrogens is 324 g/mol. The summed E-state index contributed by atoms with van der Waals surface area (Å²) in [7, 11) is 0. The summed E-state index contributed by atoms with van der Waals surface area (Å²) in [6.45, 7) is 5.51. The van der Waals surface area contributed by atoms with E-state index < -0.39 is 0 Å². The molecule has 3 heterocycles. The molecule has 0 aliphatic carbocycles. The minimum absolute atomic E-state index is 0.139. The van der Waals surface area contributed by atoms with Crippen LogP contribution in [0.4, 0.5) is 5.82 Å². The van der Waals surface area contributed by atoms with Gasteiger partial charge >= 0.3 is 0 Å². The van der Waals surface area contributed by atoms with Gasteiger partial charge in [-0.3, -0.25) is 4.79 Å². The molecular formula is C18H27ClN4O. The highest BCUT2D eigenvalue weighted by Crippen LogP contribution is 2.26. The summed E-state index contributed by atoms with van der Waals surface area (Å²) in [5.41, 5.74) is 6.04. The van der Waals surface area contributed by atoms with Crippen LogP contribution in [0.1, 0.15) is 32.6 Å². The first-order chi connectivity index (χ1) is 11.5. The normalized spacial score (nSPS) is 24.0. The molecule has 0 radical (unpaired) electrons. The molecule has 2 atom stereocenters. The second-order valence-corrected chi connectivity index (χ2v) is 7.58. The Morgan fingerprint density at radius 1 is 1.29 bits per heavy atom. The van der Waals surface area contributed by atoms with E-state index in [1.54, 1.807) is 6.20 Å². The number of nitrogens with zero attached hydrogens (tertiary/aromatic N) is 3. The predicted octanol–water partition coefficient (Wildman–Crippen LogP) is 2.54. The van der Waals surface area contributed by atoms with Gasteiger partial charge in [0.1, 0.15) is 5.82 Å². The van der Waals surface area contributed by atoms with Gasteiger partial charge in [-0.15, -0.1) is 0 Å². The van der Waals surface area contributed by atoms with Gasteiger partial charge in [-0.2, -0.15) is 0 Å². The maximum Gasteiger partial charge on any atom is 0.225 e. The van der Waals surface area contributed by atoms with Crippen LogP contribution in [0.5, 0.6) is 0 Å². The molecule has 2 aliphatic heterocycles. The first-order valence-electron chi connectivity index (χ1n) is 8.95. The van der Waals surface area contributed by atoms with E-state index in [0.29, 0.717) is 16.8 Å². The van der Waals surface area contributed by atoms with Crippen molar-refractivity contribution >= 4 is 23.3 Å². The third-order valence-electron chi connectivity index (χ3n) is 5.39. The van der Waals surface area contributed by atoms with E-state index in [9.17, 15) is 4.79 Å². The molecule has 1 aromatic rings. The number of carbonyl (C=O) groups is 1. The fourth-order valence-corrected chi connectivity index (χ4v) is 3.92. The molecule has 1 aromatic heterocycles. The highest BCUT2D eigenvalue weighted by atomic mass is 35.5. The summed E-state index contributed by atoms with van der Waals surface area (Å²) in [6, 6.07) is 3.98. The molecule has 24 heavy (non-hydrogen) atoms. The van der Waals surface area contributed by atoms with Crippen molar-refractivity contribution in [3.05, 3.63) is 23.4 Å². The van der Waals surface area contributed by atoms with E-state index in [2.05, 4.69) is 21.7 Å². The lowest BCUT2D eigenvalue weighted by Gasteiger charge is -2.39. The van der Waals surface area contributed by atoms with Crippen LogP contribution in [0.25, 0.3) is 0 Å². The molecule has 132 valence electrons. The number of piperidine rings is 2. The molecule has 1 amide bonds. The van der Waals surface area contributed by atoms with E-state index in [-0.39, 0.29) is 12.0 Å². The highest BCUT2D eigenvalue weighted by Gasteiger charge is 2.32. The zero-order valence-electron chi connectivity index (χ0n) is 14.3. The molecule has 0 aromatic carbocycles. The fourth-order valence-electron chi connectivity index (χ4n) is 3.81. The monoisotopic (exact) mass is 350 g/mol. The Morgan fingerprint density at radius 2 is 2.04 bits per heavy atom. The van der Waals surface area contributed by atoms with Gasteiger partial charge in [-0.1, -0.05) is 11.6 Å². The second kappa shape index (κ2) is 7.70. The number of pyridine rings is 1. The Hall–Kier alpha value is -1.33. The Balaban J connectivity index is 1.54. The maximum atomic E-state index is 12.8. The summed E-state index contributed by atoms with van der Waals surface area (Å²) in [6.07, 6.45) is 5.68. The van der Waals surface area contributed by atoms with Crippen molar-refractivity contribution in [2.24, 2.45) is 17.6 Å². The largest absolute Gasteiger partial charge is 0.357 e. The Kier molecular flexibility index (Phi) is 5.61. The van der Waals surface area contributed by atoms with E-state index in [1.165, 1.54) is 0 Å². The van der Waals surface area contributed by atoms with E-state index in [1.807, 2.05) is 12.1 Å². The van der Waals surface area contributed by atoms with Crippen LogP contribution in [0, 0.1) is 11.8 Å². The number of hydrogen-bond acceptors (Lipinski definition) is 4. The second-order valence-electron chi connectivity index (χ2n) is 7.14. The zero-order chi connectivity index (χ0) is 17.1. The topological polar surface area (TPSA) is 62.5 Å². The number of hydrogen-bond donors (Lipinski definition) is 1. The third kappa shape index (κ3) is 4.01. The lowest BCUT2D eigenvalue weighted by atomic mass is 9.89. The molecule has 2 saturated heterocycles. The summed E-state index contributed by atoms with van der Waals surface area (Å²) in [5.74, 6) is 1.85. The smallest absolute Gasteiger partial charge is 0.225 e. The van der Waals surface area contributed by atoms with Gasteiger partial charge in [0.25, 0.3) is 0 Å². The average molecular weight is 351 g/mol. The van der Waals surface area contributed by atoms with Crippen molar-refractivity contribution in [1.82, 2.24) is 9.88 Å². The summed E-state index contributed by atoms with van der Waals surface area (Å²) < 4.78 is 0. The fraction of sp³-hybridized carbons (Fsp3) is 0.667. The molecule has 5 nitrogen and oxygen atoms in total. The minimum Gasteiger partial charge on any atom is -0.357 e. The standard InChI is InChI=1S/C18H27ClN4O/c1-13(20)15-3-2-8-23(12-15)18(24)14-6-9-22(10-7-14)17-5-4-16(19)11-21-17/h4-5,11,13-15H,2-3,6-10,12,20H2,1H3/t13-,15+/m0/s1. The van der Waals surface area contributed by atoms with E-state index in [4.69, 9.17) is 17.3 Å². The van der Waals surface area contributed by atoms with Crippen LogP contribution < -0.4 is 10.6 Å². The van der Waals surface area contributed by atoms with Crippen molar-refractivity contribution in [1.29, 1.82) is 0 Å². The highest BCUT2D eigenvalue weighted by molar-refractivity contribution is 6.30.